The van der Waals surface area contributed by atoms with Crippen LogP contribution in [0.4, 0.5) is 0 Å². The minimum absolute atomic E-state index is 0.0142. The monoisotopic (exact) mass is 242 g/mol. The van der Waals surface area contributed by atoms with Gasteiger partial charge in [-0.25, -0.2) is 11.7 Å². The number of amides is 2. The molecule has 1 aliphatic rings. The van der Waals surface area contributed by atoms with Crippen molar-refractivity contribution in [2.24, 2.45) is 23.5 Å². The highest BCUT2D eigenvalue weighted by Crippen LogP contribution is 2.25. The van der Waals surface area contributed by atoms with Gasteiger partial charge < -0.3 is 0 Å². The third kappa shape index (κ3) is 4.32. The maximum absolute atomic E-state index is 11.5. The largest absolute Gasteiger partial charge is 0.294 e. The van der Waals surface area contributed by atoms with E-state index in [4.69, 9.17) is 11.7 Å². The van der Waals surface area contributed by atoms with Crippen LogP contribution in [0.5, 0.6) is 0 Å². The Kier molecular flexibility index (Phi) is 5.93. The summed E-state index contributed by atoms with van der Waals surface area (Å²) < 4.78 is 0. The Hall–Kier alpha value is -1.14. The molecule has 0 bridgehead atoms. The zero-order valence-corrected chi connectivity index (χ0v) is 10.1. The van der Waals surface area contributed by atoms with E-state index in [0.717, 1.165) is 44.9 Å². The predicted molar refractivity (Wildman–Crippen MR) is 64.0 cm³/mol. The summed E-state index contributed by atoms with van der Waals surface area (Å²) in [6, 6.07) is 0. The highest BCUT2D eigenvalue weighted by atomic mass is 16.2. The molecule has 0 aromatic rings. The van der Waals surface area contributed by atoms with Crippen molar-refractivity contribution in [2.45, 2.75) is 44.9 Å². The maximum Gasteiger partial charge on any atom is 0.236 e. The van der Waals surface area contributed by atoms with Gasteiger partial charge >= 0.3 is 0 Å². The summed E-state index contributed by atoms with van der Waals surface area (Å²) >= 11 is 0. The SMILES string of the molecule is NNC(=O)C1CCCCC(C(=O)NN)CCC1. The number of hydrogen-bond acceptors (Lipinski definition) is 4. The van der Waals surface area contributed by atoms with E-state index >= 15 is 0 Å². The van der Waals surface area contributed by atoms with Gasteiger partial charge in [0.25, 0.3) is 0 Å². The van der Waals surface area contributed by atoms with Gasteiger partial charge in [-0.3, -0.25) is 20.4 Å². The van der Waals surface area contributed by atoms with E-state index in [9.17, 15) is 9.59 Å². The van der Waals surface area contributed by atoms with Crippen molar-refractivity contribution in [1.29, 1.82) is 0 Å². The molecule has 6 heteroatoms. The van der Waals surface area contributed by atoms with Gasteiger partial charge in [0.05, 0.1) is 0 Å². The quantitative estimate of drug-likeness (QED) is 0.309. The van der Waals surface area contributed by atoms with Crippen molar-refractivity contribution in [3.63, 3.8) is 0 Å². The maximum atomic E-state index is 11.5. The summed E-state index contributed by atoms with van der Waals surface area (Å²) in [6.07, 6.45) is 6.03. The van der Waals surface area contributed by atoms with E-state index in [1.54, 1.807) is 0 Å². The van der Waals surface area contributed by atoms with E-state index in [0.29, 0.717) is 0 Å². The lowest BCUT2D eigenvalue weighted by molar-refractivity contribution is -0.125. The predicted octanol–water partition coefficient (Wildman–Crippen LogP) is -0.0571. The molecule has 0 radical (unpaired) electrons. The van der Waals surface area contributed by atoms with Crippen molar-refractivity contribution >= 4 is 11.8 Å². The number of hydrogen-bond donors (Lipinski definition) is 4. The Labute approximate surface area is 101 Å². The Morgan fingerprint density at radius 1 is 0.765 bits per heavy atom. The van der Waals surface area contributed by atoms with Gasteiger partial charge in [-0.05, 0) is 25.7 Å². The smallest absolute Gasteiger partial charge is 0.236 e. The van der Waals surface area contributed by atoms with Crippen LogP contribution in [0.15, 0.2) is 0 Å². The van der Waals surface area contributed by atoms with Crippen LogP contribution < -0.4 is 22.5 Å². The number of carbonyl (C=O) groups excluding carboxylic acids is 2. The second kappa shape index (κ2) is 7.24. The average Bonchev–Trinajstić information content (AvgIpc) is 2.48. The van der Waals surface area contributed by atoms with E-state index in [1.165, 1.54) is 0 Å². The molecule has 1 aliphatic carbocycles. The van der Waals surface area contributed by atoms with Gasteiger partial charge in [-0.1, -0.05) is 19.3 Å². The van der Waals surface area contributed by atoms with E-state index in [2.05, 4.69) is 10.9 Å². The Morgan fingerprint density at radius 3 is 1.47 bits per heavy atom. The molecule has 1 saturated carbocycles. The Morgan fingerprint density at radius 2 is 1.12 bits per heavy atom. The van der Waals surface area contributed by atoms with E-state index in [-0.39, 0.29) is 23.7 Å². The van der Waals surface area contributed by atoms with Crippen molar-refractivity contribution in [2.75, 3.05) is 0 Å². The molecule has 2 amide bonds. The molecule has 1 rings (SSSR count). The second-order valence-electron chi connectivity index (χ2n) is 4.63. The minimum Gasteiger partial charge on any atom is -0.294 e. The van der Waals surface area contributed by atoms with Crippen molar-refractivity contribution in [3.05, 3.63) is 0 Å². The normalized spacial score (nSPS) is 26.2. The van der Waals surface area contributed by atoms with Gasteiger partial charge in [0.2, 0.25) is 11.8 Å². The summed E-state index contributed by atoms with van der Waals surface area (Å²) in [6.45, 7) is 0. The fraction of sp³-hybridized carbons (Fsp3) is 0.818. The van der Waals surface area contributed by atoms with Crippen molar-refractivity contribution < 1.29 is 9.59 Å². The Balaban J connectivity index is 2.49. The zero-order chi connectivity index (χ0) is 12.7. The molecule has 17 heavy (non-hydrogen) atoms. The van der Waals surface area contributed by atoms with Crippen molar-refractivity contribution in [3.8, 4) is 0 Å². The molecular formula is C11H22N4O2. The summed E-state index contributed by atoms with van der Waals surface area (Å²) in [5.74, 6) is 10.1. The number of nitrogens with two attached hydrogens (primary N) is 2. The lowest BCUT2D eigenvalue weighted by Crippen LogP contribution is -2.36. The number of carbonyl (C=O) groups is 2. The summed E-state index contributed by atoms with van der Waals surface area (Å²) in [7, 11) is 0. The third-order valence-electron chi connectivity index (χ3n) is 3.49. The first-order chi connectivity index (χ1) is 8.19. The first-order valence-electron chi connectivity index (χ1n) is 6.20. The summed E-state index contributed by atoms with van der Waals surface area (Å²) in [5.41, 5.74) is 4.42. The molecule has 98 valence electrons. The molecule has 2 atom stereocenters. The lowest BCUT2D eigenvalue weighted by Gasteiger charge is -2.14. The number of nitrogens with one attached hydrogen (secondary N) is 2. The molecule has 0 heterocycles. The second-order valence-corrected chi connectivity index (χ2v) is 4.63. The van der Waals surface area contributed by atoms with Gasteiger partial charge in [-0.15, -0.1) is 0 Å². The minimum atomic E-state index is -0.0910. The zero-order valence-electron chi connectivity index (χ0n) is 10.1. The molecule has 0 saturated heterocycles. The molecule has 2 unspecified atom stereocenters. The molecule has 6 N–H and O–H groups in total. The first kappa shape index (κ1) is 13.9. The lowest BCUT2D eigenvalue weighted by atomic mass is 9.95. The first-order valence-corrected chi connectivity index (χ1v) is 6.20. The summed E-state index contributed by atoms with van der Waals surface area (Å²) in [5, 5.41) is 0. The topological polar surface area (TPSA) is 110 Å². The summed E-state index contributed by atoms with van der Waals surface area (Å²) in [4.78, 5) is 23.0. The molecule has 0 aromatic carbocycles. The number of hydrazine groups is 2. The molecular weight excluding hydrogens is 220 g/mol. The van der Waals surface area contributed by atoms with Gasteiger partial charge in [0, 0.05) is 11.8 Å². The van der Waals surface area contributed by atoms with Crippen molar-refractivity contribution in [1.82, 2.24) is 10.9 Å². The van der Waals surface area contributed by atoms with Gasteiger partial charge in [0.1, 0.15) is 0 Å². The van der Waals surface area contributed by atoms with Crippen LogP contribution in [-0.4, -0.2) is 11.8 Å². The molecule has 0 aliphatic heterocycles. The van der Waals surface area contributed by atoms with Gasteiger partial charge in [-0.2, -0.15) is 0 Å². The average molecular weight is 242 g/mol. The molecule has 1 fully saturated rings. The van der Waals surface area contributed by atoms with Crippen LogP contribution in [0, 0.1) is 11.8 Å². The van der Waals surface area contributed by atoms with Crippen LogP contribution in [-0.2, 0) is 9.59 Å². The highest BCUT2D eigenvalue weighted by molar-refractivity contribution is 5.78. The molecule has 0 spiro atoms. The van der Waals surface area contributed by atoms with Gasteiger partial charge in [0.15, 0.2) is 0 Å². The van der Waals surface area contributed by atoms with Crippen LogP contribution in [0.1, 0.15) is 44.9 Å². The fourth-order valence-corrected chi connectivity index (χ4v) is 2.44. The standard InChI is InChI=1S/C11H22N4O2/c12-14-10(16)8-4-1-2-5-9(7-3-6-8)11(17)15-13/h8-9H,1-7,12-13H2,(H,14,16)(H,15,17). The van der Waals surface area contributed by atoms with Crippen LogP contribution in [0.2, 0.25) is 0 Å². The van der Waals surface area contributed by atoms with Crippen LogP contribution in [0.25, 0.3) is 0 Å². The highest BCUT2D eigenvalue weighted by Gasteiger charge is 2.23. The van der Waals surface area contributed by atoms with Crippen LogP contribution >= 0.6 is 0 Å². The fourth-order valence-electron chi connectivity index (χ4n) is 2.44. The Bertz CT molecular complexity index is 244. The molecule has 6 nitrogen and oxygen atoms in total. The van der Waals surface area contributed by atoms with E-state index in [1.807, 2.05) is 0 Å². The third-order valence-corrected chi connectivity index (χ3v) is 3.49. The van der Waals surface area contributed by atoms with Crippen LogP contribution in [0.3, 0.4) is 0 Å². The molecule has 0 aromatic heterocycles. The number of rotatable bonds is 2. The van der Waals surface area contributed by atoms with E-state index < -0.39 is 0 Å².